The number of hydrogen-bond donors (Lipinski definition) is 1. The van der Waals surface area contributed by atoms with Gasteiger partial charge in [-0.05, 0) is 65.4 Å². The number of thiophene rings is 2. The Morgan fingerprint density at radius 2 is 1.62 bits per heavy atom. The maximum Gasteiger partial charge on any atom is 0.339 e. The fourth-order valence-corrected chi connectivity index (χ4v) is 8.89. The van der Waals surface area contributed by atoms with E-state index in [9.17, 15) is 9.90 Å². The van der Waals surface area contributed by atoms with Crippen LogP contribution >= 0.6 is 22.7 Å². The molecule has 240 valence electrons. The summed E-state index contributed by atoms with van der Waals surface area (Å²) in [5.74, 6) is -5.77. The molecule has 0 amide bonds. The molecule has 0 radical (unpaired) electrons. The van der Waals surface area contributed by atoms with Crippen molar-refractivity contribution in [1.82, 2.24) is 0 Å². The third kappa shape index (κ3) is 4.56. The summed E-state index contributed by atoms with van der Waals surface area (Å²) in [4.78, 5) is 21.2. The van der Waals surface area contributed by atoms with Crippen molar-refractivity contribution in [2.75, 3.05) is 19.0 Å². The molecule has 0 bridgehead atoms. The molecule has 7 rings (SSSR count). The topological polar surface area (TPSA) is 66.0 Å². The lowest BCUT2D eigenvalue weighted by atomic mass is 9.83. The fourth-order valence-electron chi connectivity index (χ4n) is 6.69. The summed E-state index contributed by atoms with van der Waals surface area (Å²) in [6.45, 7) is 10.5. The van der Waals surface area contributed by atoms with Gasteiger partial charge in [0.05, 0.1) is 10.9 Å². The Bertz CT molecular complexity index is 2320. The molecule has 0 spiro atoms. The second kappa shape index (κ2) is 10.6. The summed E-state index contributed by atoms with van der Waals surface area (Å²) in [6.07, 6.45) is 0. The van der Waals surface area contributed by atoms with Gasteiger partial charge in [-0.3, -0.25) is 4.99 Å². The van der Waals surface area contributed by atoms with Crippen LogP contribution in [0.25, 0.3) is 54.3 Å². The normalized spacial score (nSPS) is 14.6. The molecule has 2 aliphatic heterocycles. The van der Waals surface area contributed by atoms with Gasteiger partial charge < -0.3 is 14.4 Å². The Labute approximate surface area is 277 Å². The van der Waals surface area contributed by atoms with Crippen LogP contribution in [-0.4, -0.2) is 25.2 Å². The first-order valence-electron chi connectivity index (χ1n) is 15.0. The first-order valence-corrected chi connectivity index (χ1v) is 16.7. The van der Waals surface area contributed by atoms with Gasteiger partial charge in [0.15, 0.2) is 11.6 Å². The second-order valence-corrected chi connectivity index (χ2v) is 15.2. The third-order valence-corrected chi connectivity index (χ3v) is 11.2. The van der Waals surface area contributed by atoms with Crippen LogP contribution in [0, 0.1) is 17.5 Å². The summed E-state index contributed by atoms with van der Waals surface area (Å²) in [5, 5.41) is 15.1. The number of carboxylic acid groups (broad SMARTS) is 1. The molecular weight excluding hydrogens is 642 g/mol. The number of carbonyl (C=O) groups is 1. The van der Waals surface area contributed by atoms with Gasteiger partial charge in [0.1, 0.15) is 22.7 Å². The lowest BCUT2D eigenvalue weighted by molar-refractivity contribution is 0.0692. The van der Waals surface area contributed by atoms with Gasteiger partial charge in [-0.25, -0.2) is 18.0 Å². The summed E-state index contributed by atoms with van der Waals surface area (Å²) in [6, 6.07) is 11.5. The van der Waals surface area contributed by atoms with Crippen molar-refractivity contribution < 1.29 is 27.5 Å². The van der Waals surface area contributed by atoms with E-state index in [1.807, 2.05) is 36.0 Å². The lowest BCUT2D eigenvalue weighted by Gasteiger charge is -2.42. The minimum absolute atomic E-state index is 0.0284. The van der Waals surface area contributed by atoms with Crippen molar-refractivity contribution in [3.63, 3.8) is 0 Å². The Morgan fingerprint density at radius 3 is 2.30 bits per heavy atom. The Hall–Kier alpha value is -4.41. The number of anilines is 1. The van der Waals surface area contributed by atoms with Crippen LogP contribution in [0.3, 0.4) is 0 Å². The average molecular weight is 673 g/mol. The summed E-state index contributed by atoms with van der Waals surface area (Å²) in [5.41, 5.74) is 2.95. The molecule has 1 aliphatic carbocycles. The minimum atomic E-state index is -1.72. The largest absolute Gasteiger partial charge is 0.478 e. The number of fused-ring (bicyclic) bond motifs is 5. The molecule has 0 saturated heterocycles. The van der Waals surface area contributed by atoms with E-state index in [1.165, 1.54) is 11.3 Å². The number of nitrogens with zero attached hydrogens (tertiary/aromatic N) is 2. The van der Waals surface area contributed by atoms with Crippen LogP contribution in [0.4, 0.5) is 18.9 Å². The predicted octanol–water partition coefficient (Wildman–Crippen LogP) is 10.3. The zero-order valence-electron chi connectivity index (χ0n) is 26.8. The van der Waals surface area contributed by atoms with Crippen LogP contribution in [0.5, 0.6) is 0 Å². The Balaban J connectivity index is 1.71. The van der Waals surface area contributed by atoms with Crippen LogP contribution in [0.2, 0.25) is 0 Å². The highest BCUT2D eigenvalue weighted by atomic mass is 32.1. The van der Waals surface area contributed by atoms with Crippen molar-refractivity contribution in [1.29, 1.82) is 0 Å². The highest BCUT2D eigenvalue weighted by molar-refractivity contribution is 7.14. The predicted molar refractivity (Wildman–Crippen MR) is 183 cm³/mol. The zero-order valence-corrected chi connectivity index (χ0v) is 28.4. The number of benzene rings is 3. The molecule has 3 aliphatic rings. The smallest absolute Gasteiger partial charge is 0.339 e. The standard InChI is InChI=1S/C37H31F3N2O3S2/c1-36(2,3)21-8-10-46-33(21)17-12-19-27(15-25(17)41-6)45-28-16-26-18(34-22(9-11-47-34)37(4,5)42(26)7)13-20(28)29(19)31-30(35(43)44)23(38)14-24(39)32(31)40/h8-16H,1-7H3,(H,43,44). The number of halogens is 3. The summed E-state index contributed by atoms with van der Waals surface area (Å²) >= 11 is 3.07. The molecular formula is C37H31F3N2O3S2. The van der Waals surface area contributed by atoms with E-state index >= 15 is 13.2 Å². The maximum absolute atomic E-state index is 16.1. The molecule has 0 saturated carbocycles. The molecule has 4 heterocycles. The molecule has 10 heteroatoms. The van der Waals surface area contributed by atoms with E-state index in [0.29, 0.717) is 27.5 Å². The quantitative estimate of drug-likeness (QED) is 0.150. The minimum Gasteiger partial charge on any atom is -0.478 e. The van der Waals surface area contributed by atoms with Gasteiger partial charge in [-0.2, -0.15) is 0 Å². The monoisotopic (exact) mass is 672 g/mol. The molecule has 2 aromatic carbocycles. The summed E-state index contributed by atoms with van der Waals surface area (Å²) in [7, 11) is 3.64. The highest BCUT2D eigenvalue weighted by Crippen LogP contribution is 2.53. The van der Waals surface area contributed by atoms with Gasteiger partial charge in [0.2, 0.25) is 0 Å². The molecule has 4 aromatic rings. The van der Waals surface area contributed by atoms with Crippen molar-refractivity contribution in [3.8, 4) is 43.3 Å². The van der Waals surface area contributed by atoms with Gasteiger partial charge in [0, 0.05) is 80.9 Å². The molecule has 47 heavy (non-hydrogen) atoms. The van der Waals surface area contributed by atoms with Crippen LogP contribution in [-0.2, 0) is 11.0 Å². The highest BCUT2D eigenvalue weighted by Gasteiger charge is 2.38. The van der Waals surface area contributed by atoms with Gasteiger partial charge >= 0.3 is 5.97 Å². The molecule has 5 nitrogen and oxygen atoms in total. The molecule has 0 atom stereocenters. The van der Waals surface area contributed by atoms with Crippen LogP contribution in [0.15, 0.2) is 62.6 Å². The fraction of sp³-hybridized carbons (Fsp3) is 0.243. The van der Waals surface area contributed by atoms with Crippen molar-refractivity contribution in [2.45, 2.75) is 45.6 Å². The average Bonchev–Trinajstić information content (AvgIpc) is 3.71. The van der Waals surface area contributed by atoms with E-state index in [2.05, 4.69) is 50.6 Å². The SMILES string of the molecule is CN=c1cc2oc3cc4c(cc3c(-c3c(F)c(F)cc(F)c3C(=O)O)c-2cc1-c1sccc1C(C)(C)C)-c1sccc1C(C)(C)N4C. The Kier molecular flexibility index (Phi) is 7.00. The lowest BCUT2D eigenvalue weighted by Crippen LogP contribution is -2.41. The molecule has 0 fully saturated rings. The first kappa shape index (κ1) is 31.2. The van der Waals surface area contributed by atoms with Crippen LogP contribution < -0.4 is 10.3 Å². The number of hydrogen-bond acceptors (Lipinski definition) is 6. The molecule has 0 unspecified atom stereocenters. The maximum atomic E-state index is 16.1. The Morgan fingerprint density at radius 1 is 0.915 bits per heavy atom. The van der Waals surface area contributed by atoms with E-state index in [4.69, 9.17) is 4.42 Å². The van der Waals surface area contributed by atoms with E-state index in [1.54, 1.807) is 30.5 Å². The van der Waals surface area contributed by atoms with E-state index < -0.39 is 34.5 Å². The number of aromatic carboxylic acids is 1. The molecule has 1 N–H and O–H groups in total. The number of rotatable bonds is 3. The van der Waals surface area contributed by atoms with Crippen molar-refractivity contribution in [3.05, 3.63) is 92.7 Å². The third-order valence-electron chi connectivity index (χ3n) is 9.32. The second-order valence-electron chi connectivity index (χ2n) is 13.3. The van der Waals surface area contributed by atoms with Gasteiger partial charge in [-0.15, -0.1) is 22.7 Å². The van der Waals surface area contributed by atoms with E-state index in [0.717, 1.165) is 32.1 Å². The summed E-state index contributed by atoms with van der Waals surface area (Å²) < 4.78 is 53.1. The van der Waals surface area contributed by atoms with Crippen molar-refractivity contribution in [2.24, 2.45) is 4.99 Å². The first-order chi connectivity index (χ1) is 22.1. The van der Waals surface area contributed by atoms with E-state index in [-0.39, 0.29) is 28.3 Å². The zero-order chi connectivity index (χ0) is 33.7. The molecule has 2 aromatic heterocycles. The van der Waals surface area contributed by atoms with Gasteiger partial charge in [0.25, 0.3) is 0 Å². The number of carboxylic acids is 1. The van der Waals surface area contributed by atoms with Crippen LogP contribution in [0.1, 0.15) is 56.1 Å². The van der Waals surface area contributed by atoms with Crippen molar-refractivity contribution >= 4 is 45.3 Å². The van der Waals surface area contributed by atoms with Gasteiger partial charge in [-0.1, -0.05) is 20.8 Å².